The summed E-state index contributed by atoms with van der Waals surface area (Å²) in [6, 6.07) is 7.70. The van der Waals surface area contributed by atoms with Gasteiger partial charge < -0.3 is 4.84 Å². The first-order chi connectivity index (χ1) is 11.5. The van der Waals surface area contributed by atoms with E-state index in [0.29, 0.717) is 5.56 Å². The molecule has 1 aromatic carbocycles. The molecule has 2 rings (SSSR count). The summed E-state index contributed by atoms with van der Waals surface area (Å²) in [4.78, 5) is 8.88. The lowest BCUT2D eigenvalue weighted by molar-refractivity contribution is 0.168. The van der Waals surface area contributed by atoms with E-state index < -0.39 is 6.30 Å². The SMILES string of the molecule is C=CCON=C(c1ccc(C(C)(C)CC)cc1)C(F)n1cncn1. The summed E-state index contributed by atoms with van der Waals surface area (Å²) in [5.74, 6) is 0. The second-order valence-corrected chi connectivity index (χ2v) is 6.09. The van der Waals surface area contributed by atoms with Crippen molar-refractivity contribution in [3.05, 3.63) is 60.7 Å². The largest absolute Gasteiger partial charge is 0.391 e. The molecule has 1 heterocycles. The first kappa shape index (κ1) is 17.8. The van der Waals surface area contributed by atoms with E-state index >= 15 is 0 Å². The Morgan fingerprint density at radius 3 is 2.67 bits per heavy atom. The molecule has 0 spiro atoms. The van der Waals surface area contributed by atoms with Gasteiger partial charge in [-0.25, -0.2) is 14.1 Å². The summed E-state index contributed by atoms with van der Waals surface area (Å²) in [5, 5.41) is 7.77. The maximum Gasteiger partial charge on any atom is 0.239 e. The zero-order valence-corrected chi connectivity index (χ0v) is 14.3. The number of hydrogen-bond donors (Lipinski definition) is 0. The van der Waals surface area contributed by atoms with E-state index in [1.54, 1.807) is 6.08 Å². The summed E-state index contributed by atoms with van der Waals surface area (Å²) in [6.45, 7) is 10.3. The van der Waals surface area contributed by atoms with E-state index in [2.05, 4.69) is 42.6 Å². The number of aromatic nitrogens is 3. The average molecular weight is 330 g/mol. The van der Waals surface area contributed by atoms with Crippen LogP contribution in [-0.4, -0.2) is 27.1 Å². The van der Waals surface area contributed by atoms with Crippen molar-refractivity contribution < 1.29 is 9.23 Å². The first-order valence-electron chi connectivity index (χ1n) is 7.89. The molecule has 6 heteroatoms. The van der Waals surface area contributed by atoms with Crippen molar-refractivity contribution in [1.29, 1.82) is 0 Å². The van der Waals surface area contributed by atoms with E-state index in [0.717, 1.165) is 11.1 Å². The Morgan fingerprint density at radius 1 is 1.42 bits per heavy atom. The van der Waals surface area contributed by atoms with Gasteiger partial charge in [0, 0.05) is 5.56 Å². The van der Waals surface area contributed by atoms with Crippen LogP contribution >= 0.6 is 0 Å². The molecule has 0 amide bonds. The molecule has 0 radical (unpaired) electrons. The van der Waals surface area contributed by atoms with E-state index in [1.807, 2.05) is 24.3 Å². The minimum atomic E-state index is -1.58. The van der Waals surface area contributed by atoms with Crippen molar-refractivity contribution >= 4 is 5.71 Å². The van der Waals surface area contributed by atoms with Crippen LogP contribution < -0.4 is 0 Å². The second kappa shape index (κ2) is 7.86. The van der Waals surface area contributed by atoms with Crippen molar-refractivity contribution in [1.82, 2.24) is 14.8 Å². The van der Waals surface area contributed by atoms with Crippen LogP contribution in [0.2, 0.25) is 0 Å². The van der Waals surface area contributed by atoms with Crippen molar-refractivity contribution in [3.8, 4) is 0 Å². The molecule has 0 bridgehead atoms. The molecule has 1 aromatic heterocycles. The topological polar surface area (TPSA) is 52.3 Å². The van der Waals surface area contributed by atoms with Gasteiger partial charge in [0.2, 0.25) is 6.30 Å². The van der Waals surface area contributed by atoms with Crippen LogP contribution in [0.1, 0.15) is 44.6 Å². The fourth-order valence-electron chi connectivity index (χ4n) is 2.15. The zero-order valence-electron chi connectivity index (χ0n) is 14.3. The molecule has 0 fully saturated rings. The summed E-state index contributed by atoms with van der Waals surface area (Å²) in [6.07, 6.45) is 3.57. The molecular weight excluding hydrogens is 307 g/mol. The molecule has 0 saturated heterocycles. The fourth-order valence-corrected chi connectivity index (χ4v) is 2.15. The second-order valence-electron chi connectivity index (χ2n) is 6.09. The maximum atomic E-state index is 14.8. The molecule has 0 saturated carbocycles. The van der Waals surface area contributed by atoms with E-state index in [4.69, 9.17) is 4.84 Å². The Morgan fingerprint density at radius 2 is 2.12 bits per heavy atom. The van der Waals surface area contributed by atoms with Gasteiger partial charge in [0.15, 0.2) is 0 Å². The monoisotopic (exact) mass is 330 g/mol. The molecule has 0 N–H and O–H groups in total. The number of oxime groups is 1. The van der Waals surface area contributed by atoms with Gasteiger partial charge in [-0.3, -0.25) is 0 Å². The summed E-state index contributed by atoms with van der Waals surface area (Å²) >= 11 is 0. The lowest BCUT2D eigenvalue weighted by Gasteiger charge is -2.23. The van der Waals surface area contributed by atoms with E-state index in [1.165, 1.54) is 18.2 Å². The lowest BCUT2D eigenvalue weighted by Crippen LogP contribution is -2.19. The molecule has 24 heavy (non-hydrogen) atoms. The van der Waals surface area contributed by atoms with Crippen LogP contribution in [-0.2, 0) is 10.3 Å². The van der Waals surface area contributed by atoms with Crippen molar-refractivity contribution in [2.45, 2.75) is 38.9 Å². The zero-order chi connectivity index (χ0) is 17.6. The van der Waals surface area contributed by atoms with Crippen LogP contribution in [0.25, 0.3) is 0 Å². The van der Waals surface area contributed by atoms with Crippen molar-refractivity contribution in [3.63, 3.8) is 0 Å². The van der Waals surface area contributed by atoms with Gasteiger partial charge >= 0.3 is 0 Å². The summed E-state index contributed by atoms with van der Waals surface area (Å²) in [7, 11) is 0. The Bertz CT molecular complexity index is 678. The summed E-state index contributed by atoms with van der Waals surface area (Å²) in [5.41, 5.74) is 2.04. The Labute approximate surface area is 141 Å². The number of nitrogens with zero attached hydrogens (tertiary/aromatic N) is 4. The third kappa shape index (κ3) is 4.07. The highest BCUT2D eigenvalue weighted by Crippen LogP contribution is 2.27. The van der Waals surface area contributed by atoms with Gasteiger partial charge in [-0.2, -0.15) is 5.10 Å². The molecule has 0 aliphatic heterocycles. The minimum absolute atomic E-state index is 0.0657. The molecule has 1 atom stereocenters. The average Bonchev–Trinajstić information content (AvgIpc) is 3.13. The number of hydrogen-bond acceptors (Lipinski definition) is 4. The Kier molecular flexibility index (Phi) is 5.84. The molecule has 0 aliphatic rings. The van der Waals surface area contributed by atoms with Gasteiger partial charge in [-0.15, -0.1) is 0 Å². The van der Waals surface area contributed by atoms with Crippen LogP contribution in [0.3, 0.4) is 0 Å². The lowest BCUT2D eigenvalue weighted by atomic mass is 9.82. The van der Waals surface area contributed by atoms with Gasteiger partial charge in [0.25, 0.3) is 0 Å². The predicted molar refractivity (Wildman–Crippen MR) is 92.6 cm³/mol. The molecule has 5 nitrogen and oxygen atoms in total. The standard InChI is InChI=1S/C18H23FN4O/c1-5-11-24-22-16(17(19)23-13-20-12-21-23)14-7-9-15(10-8-14)18(3,4)6-2/h5,7-10,12-13,17H,1,6,11H2,2-4H3. The molecule has 2 aromatic rings. The minimum Gasteiger partial charge on any atom is -0.391 e. The van der Waals surface area contributed by atoms with Gasteiger partial charge in [-0.1, -0.05) is 62.8 Å². The predicted octanol–water partition coefficient (Wildman–Crippen LogP) is 4.04. The maximum absolute atomic E-state index is 14.8. The molecule has 0 aliphatic carbocycles. The smallest absolute Gasteiger partial charge is 0.239 e. The molecular formula is C18H23FN4O. The fraction of sp³-hybridized carbons (Fsp3) is 0.389. The quantitative estimate of drug-likeness (QED) is 0.318. The normalized spacial score (nSPS) is 13.6. The number of benzene rings is 1. The van der Waals surface area contributed by atoms with E-state index in [-0.39, 0.29) is 17.7 Å². The molecule has 1 unspecified atom stereocenters. The van der Waals surface area contributed by atoms with E-state index in [9.17, 15) is 4.39 Å². The highest BCUT2D eigenvalue weighted by atomic mass is 19.1. The van der Waals surface area contributed by atoms with Crippen molar-refractivity contribution in [2.24, 2.45) is 5.16 Å². The highest BCUT2D eigenvalue weighted by Gasteiger charge is 2.22. The number of halogens is 1. The summed E-state index contributed by atoms with van der Waals surface area (Å²) < 4.78 is 15.9. The molecule has 128 valence electrons. The van der Waals surface area contributed by atoms with Crippen LogP contribution in [0, 0.1) is 0 Å². The Hall–Kier alpha value is -2.50. The van der Waals surface area contributed by atoms with Gasteiger partial charge in [0.05, 0.1) is 0 Å². The number of alkyl halides is 1. The number of rotatable bonds is 8. The van der Waals surface area contributed by atoms with Crippen LogP contribution in [0.4, 0.5) is 4.39 Å². The third-order valence-electron chi connectivity index (χ3n) is 4.10. The van der Waals surface area contributed by atoms with Gasteiger partial charge in [-0.05, 0) is 17.4 Å². The van der Waals surface area contributed by atoms with Crippen LogP contribution in [0.15, 0.2) is 54.7 Å². The van der Waals surface area contributed by atoms with Crippen LogP contribution in [0.5, 0.6) is 0 Å². The first-order valence-corrected chi connectivity index (χ1v) is 7.89. The highest BCUT2D eigenvalue weighted by molar-refractivity contribution is 6.02. The Balaban J connectivity index is 2.33. The third-order valence-corrected chi connectivity index (χ3v) is 4.10. The van der Waals surface area contributed by atoms with Gasteiger partial charge in [0.1, 0.15) is 25.0 Å². The van der Waals surface area contributed by atoms with Crippen molar-refractivity contribution in [2.75, 3.05) is 6.61 Å².